The molecular weight excluding hydrogens is 274 g/mol. The average Bonchev–Trinajstić information content (AvgIpc) is 2.67. The maximum atomic E-state index is 12.3. The molecule has 0 unspecified atom stereocenters. The second kappa shape index (κ2) is 6.94. The lowest BCUT2D eigenvalue weighted by Gasteiger charge is -2.03. The van der Waals surface area contributed by atoms with E-state index in [4.69, 9.17) is 0 Å². The van der Waals surface area contributed by atoms with E-state index in [0.717, 1.165) is 11.1 Å². The summed E-state index contributed by atoms with van der Waals surface area (Å²) in [6.45, 7) is 4.02. The van der Waals surface area contributed by atoms with E-state index in [1.165, 1.54) is 11.6 Å². The molecule has 2 rings (SSSR count). The Labute approximate surface area is 130 Å². The number of aryl methyl sites for hydroxylation is 2. The van der Waals surface area contributed by atoms with E-state index in [9.17, 15) is 9.59 Å². The maximum absolute atomic E-state index is 12.3. The summed E-state index contributed by atoms with van der Waals surface area (Å²) in [5.74, 6) is -0.583. The molecule has 0 aliphatic heterocycles. The SMILES string of the molecule is CN=C1CC=CC=C(C(=O)/C=C/c2ccc(C)cc2C)C1=O. The molecule has 0 aromatic heterocycles. The minimum atomic E-state index is -0.294. The zero-order valence-electron chi connectivity index (χ0n) is 13.1. The molecule has 1 aromatic rings. The van der Waals surface area contributed by atoms with Gasteiger partial charge in [0.15, 0.2) is 5.78 Å². The van der Waals surface area contributed by atoms with E-state index < -0.39 is 0 Å². The molecule has 0 saturated carbocycles. The van der Waals surface area contributed by atoms with E-state index in [2.05, 4.69) is 11.1 Å². The van der Waals surface area contributed by atoms with Crippen molar-refractivity contribution in [2.45, 2.75) is 20.3 Å². The smallest absolute Gasteiger partial charge is 0.210 e. The van der Waals surface area contributed by atoms with Gasteiger partial charge in [-0.1, -0.05) is 42.0 Å². The van der Waals surface area contributed by atoms with Crippen LogP contribution >= 0.6 is 0 Å². The van der Waals surface area contributed by atoms with Crippen LogP contribution in [0.4, 0.5) is 0 Å². The molecule has 0 saturated heterocycles. The summed E-state index contributed by atoms with van der Waals surface area (Å²) in [6, 6.07) is 6.03. The summed E-state index contributed by atoms with van der Waals surface area (Å²) in [6.07, 6.45) is 8.79. The molecule has 22 heavy (non-hydrogen) atoms. The second-order valence-electron chi connectivity index (χ2n) is 5.27. The molecule has 0 fully saturated rings. The lowest BCUT2D eigenvalue weighted by atomic mass is 10.0. The van der Waals surface area contributed by atoms with Gasteiger partial charge in [0, 0.05) is 13.5 Å². The first-order chi connectivity index (χ1) is 10.5. The highest BCUT2D eigenvalue weighted by molar-refractivity contribution is 6.52. The van der Waals surface area contributed by atoms with Gasteiger partial charge in [-0.2, -0.15) is 0 Å². The van der Waals surface area contributed by atoms with Gasteiger partial charge in [-0.05, 0) is 37.1 Å². The van der Waals surface area contributed by atoms with E-state index in [1.54, 1.807) is 25.3 Å². The van der Waals surface area contributed by atoms with Gasteiger partial charge in [0.2, 0.25) is 5.78 Å². The Morgan fingerprint density at radius 3 is 2.73 bits per heavy atom. The van der Waals surface area contributed by atoms with Crippen molar-refractivity contribution in [3.8, 4) is 0 Å². The lowest BCUT2D eigenvalue weighted by molar-refractivity contribution is -0.116. The Kier molecular flexibility index (Phi) is 4.99. The van der Waals surface area contributed by atoms with Gasteiger partial charge in [-0.3, -0.25) is 14.6 Å². The number of benzene rings is 1. The Balaban J connectivity index is 2.24. The van der Waals surface area contributed by atoms with Crippen LogP contribution in [0.3, 0.4) is 0 Å². The molecular formula is C19H19NO2. The van der Waals surface area contributed by atoms with Gasteiger partial charge < -0.3 is 0 Å². The van der Waals surface area contributed by atoms with Crippen LogP contribution in [-0.4, -0.2) is 24.3 Å². The van der Waals surface area contributed by atoms with Gasteiger partial charge in [0.05, 0.1) is 11.3 Å². The van der Waals surface area contributed by atoms with Gasteiger partial charge in [0.1, 0.15) is 0 Å². The molecule has 0 atom stereocenters. The Morgan fingerprint density at radius 1 is 1.27 bits per heavy atom. The largest absolute Gasteiger partial charge is 0.289 e. The number of ketones is 2. The minimum absolute atomic E-state index is 0.162. The number of hydrogen-bond acceptors (Lipinski definition) is 3. The monoisotopic (exact) mass is 293 g/mol. The van der Waals surface area contributed by atoms with Crippen LogP contribution in [0.2, 0.25) is 0 Å². The van der Waals surface area contributed by atoms with E-state index in [0.29, 0.717) is 12.1 Å². The maximum Gasteiger partial charge on any atom is 0.210 e. The second-order valence-corrected chi connectivity index (χ2v) is 5.27. The van der Waals surface area contributed by atoms with Crippen LogP contribution in [0.1, 0.15) is 23.1 Å². The van der Waals surface area contributed by atoms with Crippen LogP contribution in [0, 0.1) is 13.8 Å². The fourth-order valence-corrected chi connectivity index (χ4v) is 2.32. The normalized spacial score (nSPS) is 17.0. The van der Waals surface area contributed by atoms with E-state index in [-0.39, 0.29) is 17.1 Å². The number of nitrogens with zero attached hydrogens (tertiary/aromatic N) is 1. The molecule has 0 N–H and O–H groups in total. The summed E-state index contributed by atoms with van der Waals surface area (Å²) < 4.78 is 0. The molecule has 1 aromatic carbocycles. The van der Waals surface area contributed by atoms with Crippen molar-refractivity contribution >= 4 is 23.4 Å². The molecule has 3 heteroatoms. The highest BCUT2D eigenvalue weighted by Crippen LogP contribution is 2.14. The number of hydrogen-bond donors (Lipinski definition) is 0. The van der Waals surface area contributed by atoms with Crippen LogP contribution in [0.15, 0.2) is 53.1 Å². The third-order valence-corrected chi connectivity index (χ3v) is 3.59. The summed E-state index contributed by atoms with van der Waals surface area (Å²) in [4.78, 5) is 28.5. The van der Waals surface area contributed by atoms with E-state index in [1.807, 2.05) is 32.1 Å². The van der Waals surface area contributed by atoms with Crippen LogP contribution in [0.25, 0.3) is 6.08 Å². The number of carbonyl (C=O) groups excluding carboxylic acids is 2. The van der Waals surface area contributed by atoms with Gasteiger partial charge >= 0.3 is 0 Å². The standard InChI is InChI=1S/C19H19NO2/c1-13-8-9-15(14(2)12-13)10-11-18(21)16-6-4-5-7-17(20-3)19(16)22/h4-6,8-12H,7H2,1-3H3/b11-10+,20-17?. The highest BCUT2D eigenvalue weighted by atomic mass is 16.1. The minimum Gasteiger partial charge on any atom is -0.289 e. The summed E-state index contributed by atoms with van der Waals surface area (Å²) in [5.41, 5.74) is 3.82. The van der Waals surface area contributed by atoms with Gasteiger partial charge in [0.25, 0.3) is 0 Å². The molecule has 1 aliphatic rings. The molecule has 0 radical (unpaired) electrons. The first kappa shape index (κ1) is 15.8. The fourth-order valence-electron chi connectivity index (χ4n) is 2.32. The van der Waals surface area contributed by atoms with Crippen LogP contribution in [-0.2, 0) is 9.59 Å². The first-order valence-corrected chi connectivity index (χ1v) is 7.19. The van der Waals surface area contributed by atoms with Gasteiger partial charge in [-0.15, -0.1) is 0 Å². The first-order valence-electron chi connectivity index (χ1n) is 7.19. The third kappa shape index (κ3) is 3.55. The number of rotatable bonds is 3. The van der Waals surface area contributed by atoms with Crippen molar-refractivity contribution in [1.82, 2.24) is 0 Å². The predicted octanol–water partition coefficient (Wildman–Crippen LogP) is 3.41. The van der Waals surface area contributed by atoms with Crippen LogP contribution < -0.4 is 0 Å². The van der Waals surface area contributed by atoms with E-state index >= 15 is 0 Å². The zero-order chi connectivity index (χ0) is 16.1. The zero-order valence-corrected chi connectivity index (χ0v) is 13.1. The molecule has 112 valence electrons. The molecule has 0 heterocycles. The topological polar surface area (TPSA) is 46.5 Å². The van der Waals surface area contributed by atoms with Crippen molar-refractivity contribution in [3.05, 3.63) is 64.8 Å². The quantitative estimate of drug-likeness (QED) is 0.633. The van der Waals surface area contributed by atoms with Crippen molar-refractivity contribution in [2.75, 3.05) is 7.05 Å². The predicted molar refractivity (Wildman–Crippen MR) is 90.2 cm³/mol. The number of carbonyl (C=O) groups is 2. The molecule has 0 amide bonds. The highest BCUT2D eigenvalue weighted by Gasteiger charge is 2.21. The molecule has 3 nitrogen and oxygen atoms in total. The van der Waals surface area contributed by atoms with Crippen molar-refractivity contribution in [1.29, 1.82) is 0 Å². The Hall–Kier alpha value is -2.55. The number of Topliss-reactive ketones (excluding diaryl/α,β-unsaturated/α-hetero) is 1. The average molecular weight is 293 g/mol. The Bertz CT molecular complexity index is 734. The number of aliphatic imine (C=N–C) groups is 1. The van der Waals surface area contributed by atoms with Crippen molar-refractivity contribution < 1.29 is 9.59 Å². The summed E-state index contributed by atoms with van der Waals surface area (Å²) in [5, 5.41) is 0. The lowest BCUT2D eigenvalue weighted by Crippen LogP contribution is -2.19. The van der Waals surface area contributed by atoms with Crippen molar-refractivity contribution in [3.63, 3.8) is 0 Å². The van der Waals surface area contributed by atoms with Crippen molar-refractivity contribution in [2.24, 2.45) is 4.99 Å². The summed E-state index contributed by atoms with van der Waals surface area (Å²) in [7, 11) is 1.57. The number of allylic oxidation sites excluding steroid dienone is 5. The summed E-state index contributed by atoms with van der Waals surface area (Å²) >= 11 is 0. The molecule has 0 bridgehead atoms. The molecule has 0 spiro atoms. The Morgan fingerprint density at radius 2 is 2.05 bits per heavy atom. The third-order valence-electron chi connectivity index (χ3n) is 3.59. The molecule has 1 aliphatic carbocycles. The van der Waals surface area contributed by atoms with Crippen LogP contribution in [0.5, 0.6) is 0 Å². The fraction of sp³-hybridized carbons (Fsp3) is 0.211. The van der Waals surface area contributed by atoms with Gasteiger partial charge in [-0.25, -0.2) is 0 Å².